The fourth-order valence-electron chi connectivity index (χ4n) is 2.51. The first-order valence-corrected chi connectivity index (χ1v) is 7.65. The van der Waals surface area contributed by atoms with Gasteiger partial charge in [-0.15, -0.1) is 0 Å². The number of piperazine rings is 1. The average molecular weight is 339 g/mol. The van der Waals surface area contributed by atoms with Gasteiger partial charge < -0.3 is 10.6 Å². The highest BCUT2D eigenvalue weighted by Crippen LogP contribution is 2.15. The van der Waals surface area contributed by atoms with Crippen molar-refractivity contribution in [3.63, 3.8) is 0 Å². The lowest BCUT2D eigenvalue weighted by atomic mass is 10.1. The van der Waals surface area contributed by atoms with E-state index >= 15 is 0 Å². The van der Waals surface area contributed by atoms with Gasteiger partial charge in [0.15, 0.2) is 0 Å². The zero-order valence-corrected chi connectivity index (χ0v) is 13.5. The minimum Gasteiger partial charge on any atom is -0.351 e. The summed E-state index contributed by atoms with van der Waals surface area (Å²) in [5.41, 5.74) is 5.49. The lowest BCUT2D eigenvalue weighted by Gasteiger charge is -2.37. The number of benzene rings is 1. The van der Waals surface area contributed by atoms with Crippen molar-refractivity contribution in [2.24, 2.45) is 5.73 Å². The number of hydrogen-bond donors (Lipinski definition) is 2. The number of nitrogens with one attached hydrogen (secondary N) is 1. The van der Waals surface area contributed by atoms with Crippen LogP contribution in [0.1, 0.15) is 17.3 Å². The number of halogens is 1. The van der Waals surface area contributed by atoms with Gasteiger partial charge in [0.1, 0.15) is 0 Å². The minimum atomic E-state index is -0.864. The zero-order valence-electron chi connectivity index (χ0n) is 12.8. The number of nitrogens with zero attached hydrogens (tertiary/aromatic N) is 2. The maximum absolute atomic E-state index is 12.4. The number of hydrogen-bond acceptors (Lipinski definition) is 4. The molecule has 1 aliphatic rings. The van der Waals surface area contributed by atoms with Gasteiger partial charge >= 0.3 is 6.03 Å². The van der Waals surface area contributed by atoms with Gasteiger partial charge in [-0.2, -0.15) is 0 Å². The van der Waals surface area contributed by atoms with Crippen LogP contribution in [0.4, 0.5) is 4.79 Å². The van der Waals surface area contributed by atoms with Crippen molar-refractivity contribution in [1.29, 1.82) is 0 Å². The van der Waals surface area contributed by atoms with Crippen LogP contribution in [0.2, 0.25) is 5.02 Å². The van der Waals surface area contributed by atoms with Crippen molar-refractivity contribution in [3.8, 4) is 0 Å². The van der Waals surface area contributed by atoms with Crippen LogP contribution in [0, 0.1) is 0 Å². The third-order valence-corrected chi connectivity index (χ3v) is 4.08. The lowest BCUT2D eigenvalue weighted by molar-refractivity contribution is -0.125. The molecule has 0 aliphatic carbocycles. The molecule has 8 heteroatoms. The van der Waals surface area contributed by atoms with Gasteiger partial charge in [-0.3, -0.25) is 19.8 Å². The molecule has 1 atom stereocenters. The summed E-state index contributed by atoms with van der Waals surface area (Å²) in [4.78, 5) is 38.6. The van der Waals surface area contributed by atoms with E-state index in [4.69, 9.17) is 17.3 Å². The number of carbonyl (C=O) groups excluding carboxylic acids is 3. The topological polar surface area (TPSA) is 95.7 Å². The van der Waals surface area contributed by atoms with Crippen LogP contribution in [0.3, 0.4) is 0 Å². The van der Waals surface area contributed by atoms with Crippen LogP contribution < -0.4 is 11.1 Å². The van der Waals surface area contributed by atoms with E-state index in [1.54, 1.807) is 36.1 Å². The van der Waals surface area contributed by atoms with Crippen molar-refractivity contribution < 1.29 is 14.4 Å². The Morgan fingerprint density at radius 1 is 1.22 bits per heavy atom. The molecule has 23 heavy (non-hydrogen) atoms. The SMILES string of the molecule is C[C@@H](C(=O)NC(N)=O)N1CCN(C(=O)c2cccc(Cl)c2)CC1. The third-order valence-electron chi connectivity index (χ3n) is 3.85. The Morgan fingerprint density at radius 2 is 1.87 bits per heavy atom. The van der Waals surface area contributed by atoms with E-state index < -0.39 is 18.0 Å². The monoisotopic (exact) mass is 338 g/mol. The largest absolute Gasteiger partial charge is 0.351 e. The smallest absolute Gasteiger partial charge is 0.318 e. The number of primary amides is 1. The number of amides is 4. The fourth-order valence-corrected chi connectivity index (χ4v) is 2.70. The quantitative estimate of drug-likeness (QED) is 0.847. The standard InChI is InChI=1S/C15H19ClN4O3/c1-10(13(21)18-15(17)23)19-5-7-20(8-6-19)14(22)11-3-2-4-12(16)9-11/h2-4,9-10H,5-8H2,1H3,(H3,17,18,21,23)/t10-/m0/s1. The fraction of sp³-hybridized carbons (Fsp3) is 0.400. The molecule has 1 saturated heterocycles. The zero-order chi connectivity index (χ0) is 17.0. The number of nitrogens with two attached hydrogens (primary N) is 1. The highest BCUT2D eigenvalue weighted by atomic mass is 35.5. The molecule has 0 spiro atoms. The van der Waals surface area contributed by atoms with Gasteiger partial charge in [-0.1, -0.05) is 17.7 Å². The molecule has 4 amide bonds. The molecule has 1 aromatic carbocycles. The second-order valence-corrected chi connectivity index (χ2v) is 5.80. The molecule has 124 valence electrons. The first-order chi connectivity index (χ1) is 10.9. The third kappa shape index (κ3) is 4.43. The predicted octanol–water partition coefficient (Wildman–Crippen LogP) is 0.681. The van der Waals surface area contributed by atoms with Crippen LogP contribution in [0.5, 0.6) is 0 Å². The highest BCUT2D eigenvalue weighted by molar-refractivity contribution is 6.30. The van der Waals surface area contributed by atoms with Crippen LogP contribution in [-0.4, -0.2) is 59.9 Å². The maximum Gasteiger partial charge on any atom is 0.318 e. The second kappa shape index (κ2) is 7.43. The van der Waals surface area contributed by atoms with Crippen LogP contribution >= 0.6 is 11.6 Å². The molecule has 1 aromatic rings. The van der Waals surface area contributed by atoms with Crippen molar-refractivity contribution in [1.82, 2.24) is 15.1 Å². The Balaban J connectivity index is 1.92. The lowest BCUT2D eigenvalue weighted by Crippen LogP contribution is -2.55. The Bertz CT molecular complexity index is 614. The summed E-state index contributed by atoms with van der Waals surface area (Å²) in [7, 11) is 0. The highest BCUT2D eigenvalue weighted by Gasteiger charge is 2.28. The summed E-state index contributed by atoms with van der Waals surface area (Å²) in [6, 6.07) is 5.47. The van der Waals surface area contributed by atoms with Crippen molar-refractivity contribution in [3.05, 3.63) is 34.9 Å². The maximum atomic E-state index is 12.4. The van der Waals surface area contributed by atoms with E-state index in [1.807, 2.05) is 4.90 Å². The van der Waals surface area contributed by atoms with Crippen LogP contribution in [0.25, 0.3) is 0 Å². The first kappa shape index (κ1) is 17.2. The normalized spacial score (nSPS) is 16.7. The molecule has 3 N–H and O–H groups in total. The summed E-state index contributed by atoms with van der Waals surface area (Å²) >= 11 is 5.91. The van der Waals surface area contributed by atoms with E-state index in [1.165, 1.54) is 0 Å². The molecule has 0 aromatic heterocycles. The molecule has 0 saturated carbocycles. The van der Waals surface area contributed by atoms with Crippen LogP contribution in [-0.2, 0) is 4.79 Å². The summed E-state index contributed by atoms with van der Waals surface area (Å²) < 4.78 is 0. The van der Waals surface area contributed by atoms with E-state index in [0.717, 1.165) is 0 Å². The number of imide groups is 1. The van der Waals surface area contributed by atoms with Gasteiger partial charge in [-0.25, -0.2) is 4.79 Å². The Kier molecular flexibility index (Phi) is 5.57. The number of carbonyl (C=O) groups is 3. The van der Waals surface area contributed by atoms with Crippen LogP contribution in [0.15, 0.2) is 24.3 Å². The first-order valence-electron chi connectivity index (χ1n) is 7.27. The molecule has 0 bridgehead atoms. The molecule has 7 nitrogen and oxygen atoms in total. The molecule has 1 aliphatic heterocycles. The van der Waals surface area contributed by atoms with E-state index in [0.29, 0.717) is 36.8 Å². The summed E-state index contributed by atoms with van der Waals surface area (Å²) in [5.74, 6) is -0.520. The molecular formula is C15H19ClN4O3. The van der Waals surface area contributed by atoms with E-state index in [2.05, 4.69) is 5.32 Å². The molecule has 0 unspecified atom stereocenters. The van der Waals surface area contributed by atoms with Crippen molar-refractivity contribution in [2.45, 2.75) is 13.0 Å². The van der Waals surface area contributed by atoms with E-state index in [9.17, 15) is 14.4 Å². The Morgan fingerprint density at radius 3 is 2.43 bits per heavy atom. The molecular weight excluding hydrogens is 320 g/mol. The summed E-state index contributed by atoms with van der Waals surface area (Å²) in [6.45, 7) is 3.78. The Labute approximate surface area is 139 Å². The van der Waals surface area contributed by atoms with Gasteiger partial charge in [0, 0.05) is 36.8 Å². The van der Waals surface area contributed by atoms with Gasteiger partial charge in [0.05, 0.1) is 6.04 Å². The van der Waals surface area contributed by atoms with Gasteiger partial charge in [0.25, 0.3) is 5.91 Å². The van der Waals surface area contributed by atoms with E-state index in [-0.39, 0.29) is 5.91 Å². The van der Waals surface area contributed by atoms with Gasteiger partial charge in [-0.05, 0) is 25.1 Å². The second-order valence-electron chi connectivity index (χ2n) is 5.37. The van der Waals surface area contributed by atoms with Crippen molar-refractivity contribution in [2.75, 3.05) is 26.2 Å². The number of urea groups is 1. The average Bonchev–Trinajstić information content (AvgIpc) is 2.53. The van der Waals surface area contributed by atoms with Crippen molar-refractivity contribution >= 4 is 29.4 Å². The minimum absolute atomic E-state index is 0.0820. The molecule has 1 fully saturated rings. The number of rotatable bonds is 3. The molecule has 0 radical (unpaired) electrons. The molecule has 1 heterocycles. The molecule has 2 rings (SSSR count). The van der Waals surface area contributed by atoms with Gasteiger partial charge in [0.2, 0.25) is 5.91 Å². The summed E-state index contributed by atoms with van der Waals surface area (Å²) in [6.07, 6.45) is 0. The Hall–Kier alpha value is -2.12. The summed E-state index contributed by atoms with van der Waals surface area (Å²) in [5, 5.41) is 2.59. The predicted molar refractivity (Wildman–Crippen MR) is 86.1 cm³/mol.